The summed E-state index contributed by atoms with van der Waals surface area (Å²) in [6.45, 7) is 9.19. The highest BCUT2D eigenvalue weighted by atomic mass is 15.1. The van der Waals surface area contributed by atoms with Crippen molar-refractivity contribution in [3.8, 4) is 0 Å². The third-order valence-electron chi connectivity index (χ3n) is 3.37. The van der Waals surface area contributed by atoms with Gasteiger partial charge in [0, 0.05) is 25.0 Å². The Hall–Kier alpha value is -1.87. The van der Waals surface area contributed by atoms with Crippen LogP contribution in [0.15, 0.2) is 42.7 Å². The highest BCUT2D eigenvalue weighted by Gasteiger charge is 2.11. The molecule has 3 nitrogen and oxygen atoms in total. The van der Waals surface area contributed by atoms with E-state index in [4.69, 9.17) is 0 Å². The average Bonchev–Trinajstić information content (AvgIpc) is 2.47. The first-order chi connectivity index (χ1) is 9.76. The molecule has 0 amide bonds. The van der Waals surface area contributed by atoms with Crippen molar-refractivity contribution in [3.63, 3.8) is 0 Å². The topological polar surface area (TPSA) is 28.2 Å². The minimum Gasteiger partial charge on any atom is -0.340 e. The van der Waals surface area contributed by atoms with E-state index < -0.39 is 0 Å². The van der Waals surface area contributed by atoms with Gasteiger partial charge in [0.2, 0.25) is 0 Å². The molecule has 0 aliphatic rings. The number of nitrogens with zero attached hydrogens (tertiary/aromatic N) is 2. The average molecular weight is 269 g/mol. The van der Waals surface area contributed by atoms with Crippen molar-refractivity contribution in [1.82, 2.24) is 10.3 Å². The second kappa shape index (κ2) is 7.06. The molecule has 20 heavy (non-hydrogen) atoms. The molecular weight excluding hydrogens is 246 g/mol. The lowest BCUT2D eigenvalue weighted by atomic mass is 10.1. The Bertz CT molecular complexity index is 551. The normalized spacial score (nSPS) is 10.6. The fraction of sp³-hybridized carbons (Fsp3) is 0.353. The van der Waals surface area contributed by atoms with E-state index >= 15 is 0 Å². The molecule has 0 spiro atoms. The number of benzene rings is 1. The fourth-order valence-corrected chi connectivity index (χ4v) is 2.35. The summed E-state index contributed by atoms with van der Waals surface area (Å²) in [6.07, 6.45) is 3.82. The van der Waals surface area contributed by atoms with Gasteiger partial charge in [0.05, 0.1) is 11.9 Å². The Morgan fingerprint density at radius 1 is 1.20 bits per heavy atom. The van der Waals surface area contributed by atoms with Gasteiger partial charge in [-0.05, 0) is 49.7 Å². The number of hydrogen-bond acceptors (Lipinski definition) is 3. The maximum atomic E-state index is 4.30. The van der Waals surface area contributed by atoms with Gasteiger partial charge in [0.25, 0.3) is 0 Å². The van der Waals surface area contributed by atoms with Crippen LogP contribution in [0.1, 0.15) is 25.0 Å². The largest absolute Gasteiger partial charge is 0.340 e. The number of aromatic nitrogens is 1. The molecule has 0 bridgehead atoms. The van der Waals surface area contributed by atoms with Crippen LogP contribution >= 0.6 is 0 Å². The van der Waals surface area contributed by atoms with E-state index in [1.165, 1.54) is 22.5 Å². The summed E-state index contributed by atoms with van der Waals surface area (Å²) in [5, 5.41) is 3.39. The molecule has 1 heterocycles. The van der Waals surface area contributed by atoms with Gasteiger partial charge in [-0.2, -0.15) is 0 Å². The summed E-state index contributed by atoms with van der Waals surface area (Å²) in [4.78, 5) is 6.61. The third kappa shape index (κ3) is 3.36. The standard InChI is InChI=1S/C17H23N3/c1-4-18-12-15-9-10-19-13-17(15)20(5-2)16-8-6-7-14(3)11-16/h6-11,13,18H,4-5,12H2,1-3H3. The lowest BCUT2D eigenvalue weighted by molar-refractivity contribution is 0.724. The quantitative estimate of drug-likeness (QED) is 0.867. The monoisotopic (exact) mass is 269 g/mol. The van der Waals surface area contributed by atoms with Gasteiger partial charge in [-0.15, -0.1) is 0 Å². The Morgan fingerprint density at radius 3 is 2.75 bits per heavy atom. The first kappa shape index (κ1) is 14.5. The van der Waals surface area contributed by atoms with Crippen molar-refractivity contribution >= 4 is 11.4 Å². The Labute approximate surface area is 121 Å². The summed E-state index contributed by atoms with van der Waals surface area (Å²) in [5.41, 5.74) is 4.96. The predicted octanol–water partition coefficient (Wildman–Crippen LogP) is 3.66. The zero-order chi connectivity index (χ0) is 14.4. The number of aryl methyl sites for hydroxylation is 1. The molecule has 0 radical (unpaired) electrons. The molecule has 2 rings (SSSR count). The lowest BCUT2D eigenvalue weighted by Crippen LogP contribution is -2.20. The zero-order valence-corrected chi connectivity index (χ0v) is 12.6. The van der Waals surface area contributed by atoms with Crippen molar-refractivity contribution in [2.75, 3.05) is 18.0 Å². The van der Waals surface area contributed by atoms with E-state index in [-0.39, 0.29) is 0 Å². The van der Waals surface area contributed by atoms with Crippen molar-refractivity contribution in [3.05, 3.63) is 53.9 Å². The molecule has 106 valence electrons. The smallest absolute Gasteiger partial charge is 0.0642 e. The predicted molar refractivity (Wildman–Crippen MR) is 85.5 cm³/mol. The van der Waals surface area contributed by atoms with Crippen LogP contribution in [0.4, 0.5) is 11.4 Å². The number of anilines is 2. The van der Waals surface area contributed by atoms with Crippen LogP contribution in [0.5, 0.6) is 0 Å². The van der Waals surface area contributed by atoms with Crippen LogP contribution in [-0.4, -0.2) is 18.1 Å². The van der Waals surface area contributed by atoms with Crippen molar-refractivity contribution < 1.29 is 0 Å². The van der Waals surface area contributed by atoms with Crippen LogP contribution in [0.25, 0.3) is 0 Å². The first-order valence-electron chi connectivity index (χ1n) is 7.24. The summed E-state index contributed by atoms with van der Waals surface area (Å²) in [7, 11) is 0. The molecule has 0 aliphatic heterocycles. The molecule has 0 atom stereocenters. The summed E-state index contributed by atoms with van der Waals surface area (Å²) in [6, 6.07) is 10.7. The molecule has 0 unspecified atom stereocenters. The van der Waals surface area contributed by atoms with E-state index in [1.807, 2.05) is 12.4 Å². The van der Waals surface area contributed by atoms with Crippen molar-refractivity contribution in [1.29, 1.82) is 0 Å². The van der Waals surface area contributed by atoms with Gasteiger partial charge in [-0.25, -0.2) is 0 Å². The molecule has 0 saturated carbocycles. The molecule has 1 aromatic heterocycles. The summed E-state index contributed by atoms with van der Waals surface area (Å²) < 4.78 is 0. The maximum absolute atomic E-state index is 4.30. The second-order valence-corrected chi connectivity index (χ2v) is 4.87. The number of pyridine rings is 1. The fourth-order valence-electron chi connectivity index (χ4n) is 2.35. The van der Waals surface area contributed by atoms with Crippen LogP contribution in [-0.2, 0) is 6.54 Å². The SMILES string of the molecule is CCNCc1ccncc1N(CC)c1cccc(C)c1. The minimum absolute atomic E-state index is 0.872. The molecule has 2 aromatic rings. The molecule has 0 saturated heterocycles. The van der Waals surface area contributed by atoms with Gasteiger partial charge < -0.3 is 10.2 Å². The number of nitrogens with one attached hydrogen (secondary N) is 1. The zero-order valence-electron chi connectivity index (χ0n) is 12.6. The molecular formula is C17H23N3. The Morgan fingerprint density at radius 2 is 2.05 bits per heavy atom. The van der Waals surface area contributed by atoms with Crippen molar-refractivity contribution in [2.45, 2.75) is 27.3 Å². The molecule has 1 N–H and O–H groups in total. The molecule has 0 fully saturated rings. The highest BCUT2D eigenvalue weighted by molar-refractivity contribution is 5.66. The summed E-state index contributed by atoms with van der Waals surface area (Å²) >= 11 is 0. The van der Waals surface area contributed by atoms with E-state index in [2.05, 4.69) is 66.3 Å². The minimum atomic E-state index is 0.872. The van der Waals surface area contributed by atoms with Gasteiger partial charge in [0.1, 0.15) is 0 Å². The third-order valence-corrected chi connectivity index (χ3v) is 3.37. The van der Waals surface area contributed by atoms with Crippen LogP contribution in [0, 0.1) is 6.92 Å². The first-order valence-corrected chi connectivity index (χ1v) is 7.24. The summed E-state index contributed by atoms with van der Waals surface area (Å²) in [5.74, 6) is 0. The maximum Gasteiger partial charge on any atom is 0.0642 e. The molecule has 0 aliphatic carbocycles. The van der Waals surface area contributed by atoms with E-state index in [1.54, 1.807) is 0 Å². The number of hydrogen-bond donors (Lipinski definition) is 1. The van der Waals surface area contributed by atoms with Crippen LogP contribution in [0.3, 0.4) is 0 Å². The van der Waals surface area contributed by atoms with E-state index in [0.29, 0.717) is 0 Å². The molecule has 1 aromatic carbocycles. The van der Waals surface area contributed by atoms with Crippen LogP contribution in [0.2, 0.25) is 0 Å². The second-order valence-electron chi connectivity index (χ2n) is 4.87. The van der Waals surface area contributed by atoms with Gasteiger partial charge in [0.15, 0.2) is 0 Å². The van der Waals surface area contributed by atoms with E-state index in [9.17, 15) is 0 Å². The molecule has 3 heteroatoms. The lowest BCUT2D eigenvalue weighted by Gasteiger charge is -2.26. The van der Waals surface area contributed by atoms with Crippen molar-refractivity contribution in [2.24, 2.45) is 0 Å². The van der Waals surface area contributed by atoms with Gasteiger partial charge in [-0.3, -0.25) is 4.98 Å². The van der Waals surface area contributed by atoms with E-state index in [0.717, 1.165) is 19.6 Å². The Kier molecular flexibility index (Phi) is 5.13. The van der Waals surface area contributed by atoms with Gasteiger partial charge >= 0.3 is 0 Å². The number of rotatable bonds is 6. The highest BCUT2D eigenvalue weighted by Crippen LogP contribution is 2.28. The van der Waals surface area contributed by atoms with Crippen LogP contribution < -0.4 is 10.2 Å². The Balaban J connectivity index is 2.36. The van der Waals surface area contributed by atoms with Gasteiger partial charge in [-0.1, -0.05) is 19.1 Å².